The second-order valence-corrected chi connectivity index (χ2v) is 3.76. The molecule has 1 heterocycles. The number of aromatic nitrogens is 1. The number of halogens is 1. The molecule has 1 unspecified atom stereocenters. The molecule has 0 fully saturated rings. The van der Waals surface area contributed by atoms with Gasteiger partial charge in [-0.3, -0.25) is 10.1 Å². The van der Waals surface area contributed by atoms with Crippen molar-refractivity contribution in [1.82, 2.24) is 15.6 Å². The molecule has 0 saturated carbocycles. The molecule has 0 aliphatic carbocycles. The minimum absolute atomic E-state index is 0.162. The second-order valence-electron chi connectivity index (χ2n) is 3.40. The van der Waals surface area contributed by atoms with Crippen molar-refractivity contribution in [2.45, 2.75) is 20.0 Å². The van der Waals surface area contributed by atoms with Crippen LogP contribution in [0.1, 0.15) is 13.8 Å². The summed E-state index contributed by atoms with van der Waals surface area (Å²) < 4.78 is 5.30. The van der Waals surface area contributed by atoms with E-state index in [1.165, 1.54) is 13.1 Å². The Bertz CT molecular complexity index is 439. The highest BCUT2D eigenvalue weighted by molar-refractivity contribution is 6.30. The number of carbonyl (C=O) groups is 2. The fourth-order valence-electron chi connectivity index (χ4n) is 1.12. The van der Waals surface area contributed by atoms with Gasteiger partial charge < -0.3 is 10.1 Å². The van der Waals surface area contributed by atoms with E-state index in [-0.39, 0.29) is 10.9 Å². The third-order valence-corrected chi connectivity index (χ3v) is 2.26. The Kier molecular flexibility index (Phi) is 5.38. The maximum Gasteiger partial charge on any atom is 0.321 e. The maximum absolute atomic E-state index is 11.6. The van der Waals surface area contributed by atoms with Gasteiger partial charge in [0.05, 0.1) is 0 Å². The SMILES string of the molecule is CCNC(=O)NC(=O)C(C)Oc1cccnc1Cl. The molecule has 1 rings (SSSR count). The summed E-state index contributed by atoms with van der Waals surface area (Å²) in [5.41, 5.74) is 0. The fourth-order valence-corrected chi connectivity index (χ4v) is 1.29. The lowest BCUT2D eigenvalue weighted by Crippen LogP contribution is -2.45. The third kappa shape index (κ3) is 4.21. The number of rotatable bonds is 4. The van der Waals surface area contributed by atoms with Crippen LogP contribution in [-0.4, -0.2) is 29.6 Å². The van der Waals surface area contributed by atoms with Crippen LogP contribution in [0.2, 0.25) is 5.15 Å². The summed E-state index contributed by atoms with van der Waals surface area (Å²) >= 11 is 5.78. The summed E-state index contributed by atoms with van der Waals surface area (Å²) in [6.45, 7) is 3.69. The van der Waals surface area contributed by atoms with Crippen LogP contribution in [-0.2, 0) is 4.79 Å². The van der Waals surface area contributed by atoms with Crippen molar-refractivity contribution in [3.05, 3.63) is 23.5 Å². The number of pyridine rings is 1. The van der Waals surface area contributed by atoms with Crippen molar-refractivity contribution < 1.29 is 14.3 Å². The van der Waals surface area contributed by atoms with E-state index in [1.54, 1.807) is 19.1 Å². The number of nitrogens with one attached hydrogen (secondary N) is 2. The van der Waals surface area contributed by atoms with Gasteiger partial charge in [0.15, 0.2) is 17.0 Å². The van der Waals surface area contributed by atoms with Crippen LogP contribution < -0.4 is 15.4 Å². The molecule has 18 heavy (non-hydrogen) atoms. The fraction of sp³-hybridized carbons (Fsp3) is 0.364. The van der Waals surface area contributed by atoms with Gasteiger partial charge in [0.2, 0.25) is 0 Å². The zero-order chi connectivity index (χ0) is 13.5. The number of amides is 3. The molecule has 1 aromatic rings. The Morgan fingerprint density at radius 1 is 1.56 bits per heavy atom. The number of carbonyl (C=O) groups excluding carboxylic acids is 2. The molecular formula is C11H14ClN3O3. The highest BCUT2D eigenvalue weighted by atomic mass is 35.5. The number of hydrogen-bond donors (Lipinski definition) is 2. The predicted molar refractivity (Wildman–Crippen MR) is 66.6 cm³/mol. The van der Waals surface area contributed by atoms with Crippen molar-refractivity contribution in [2.75, 3.05) is 6.54 Å². The van der Waals surface area contributed by atoms with E-state index in [0.29, 0.717) is 6.54 Å². The number of ether oxygens (including phenoxy) is 1. The zero-order valence-corrected chi connectivity index (χ0v) is 10.8. The molecule has 0 aliphatic heterocycles. The molecule has 6 nitrogen and oxygen atoms in total. The first-order valence-corrected chi connectivity index (χ1v) is 5.78. The summed E-state index contributed by atoms with van der Waals surface area (Å²) in [5, 5.41) is 4.75. The van der Waals surface area contributed by atoms with Crippen molar-refractivity contribution in [1.29, 1.82) is 0 Å². The minimum atomic E-state index is -0.852. The van der Waals surface area contributed by atoms with Gasteiger partial charge in [0.25, 0.3) is 5.91 Å². The van der Waals surface area contributed by atoms with Gasteiger partial charge in [-0.25, -0.2) is 9.78 Å². The third-order valence-electron chi connectivity index (χ3n) is 1.97. The molecule has 0 bridgehead atoms. The van der Waals surface area contributed by atoms with Crippen LogP contribution in [0.5, 0.6) is 5.75 Å². The van der Waals surface area contributed by atoms with Gasteiger partial charge in [0, 0.05) is 12.7 Å². The zero-order valence-electron chi connectivity index (χ0n) is 10.1. The van der Waals surface area contributed by atoms with Gasteiger partial charge in [-0.15, -0.1) is 0 Å². The first-order valence-electron chi connectivity index (χ1n) is 5.40. The lowest BCUT2D eigenvalue weighted by molar-refractivity contribution is -0.126. The van der Waals surface area contributed by atoms with E-state index in [2.05, 4.69) is 15.6 Å². The van der Waals surface area contributed by atoms with Crippen molar-refractivity contribution in [2.24, 2.45) is 0 Å². The van der Waals surface area contributed by atoms with Crippen LogP contribution >= 0.6 is 11.6 Å². The van der Waals surface area contributed by atoms with Crippen molar-refractivity contribution in [3.63, 3.8) is 0 Å². The summed E-state index contributed by atoms with van der Waals surface area (Å²) in [4.78, 5) is 26.5. The Balaban J connectivity index is 2.55. The van der Waals surface area contributed by atoms with Crippen LogP contribution in [0.4, 0.5) is 4.79 Å². The summed E-state index contributed by atoms with van der Waals surface area (Å²) in [6, 6.07) is 2.66. The number of hydrogen-bond acceptors (Lipinski definition) is 4. The van der Waals surface area contributed by atoms with E-state index in [0.717, 1.165) is 0 Å². The average Bonchev–Trinajstić information content (AvgIpc) is 2.32. The van der Waals surface area contributed by atoms with Gasteiger partial charge in [0.1, 0.15) is 0 Å². The molecule has 0 aromatic carbocycles. The van der Waals surface area contributed by atoms with E-state index in [1.807, 2.05) is 0 Å². The average molecular weight is 272 g/mol. The molecule has 98 valence electrons. The van der Waals surface area contributed by atoms with Gasteiger partial charge in [-0.05, 0) is 26.0 Å². The van der Waals surface area contributed by atoms with Crippen LogP contribution in [0.25, 0.3) is 0 Å². The van der Waals surface area contributed by atoms with Crippen molar-refractivity contribution >= 4 is 23.5 Å². The Labute approximate surface area is 110 Å². The predicted octanol–water partition coefficient (Wildman–Crippen LogP) is 1.35. The first kappa shape index (κ1) is 14.2. The lowest BCUT2D eigenvalue weighted by Gasteiger charge is -2.14. The smallest absolute Gasteiger partial charge is 0.321 e. The number of imide groups is 1. The summed E-state index contributed by atoms with van der Waals surface area (Å²) in [6.07, 6.45) is 0.656. The maximum atomic E-state index is 11.6. The highest BCUT2D eigenvalue weighted by Gasteiger charge is 2.18. The molecule has 1 aromatic heterocycles. The molecule has 1 atom stereocenters. The Hall–Kier alpha value is -1.82. The van der Waals surface area contributed by atoms with E-state index in [4.69, 9.17) is 16.3 Å². The van der Waals surface area contributed by atoms with Gasteiger partial charge in [-0.1, -0.05) is 11.6 Å². The van der Waals surface area contributed by atoms with Crippen LogP contribution in [0.3, 0.4) is 0 Å². The van der Waals surface area contributed by atoms with Gasteiger partial charge in [-0.2, -0.15) is 0 Å². The van der Waals surface area contributed by atoms with Crippen molar-refractivity contribution in [3.8, 4) is 5.75 Å². The molecule has 2 N–H and O–H groups in total. The largest absolute Gasteiger partial charge is 0.478 e. The highest BCUT2D eigenvalue weighted by Crippen LogP contribution is 2.21. The lowest BCUT2D eigenvalue weighted by atomic mass is 10.3. The van der Waals surface area contributed by atoms with E-state index in [9.17, 15) is 9.59 Å². The molecule has 0 aliphatic rings. The second kappa shape index (κ2) is 6.80. The number of nitrogens with zero attached hydrogens (tertiary/aromatic N) is 1. The number of urea groups is 1. The van der Waals surface area contributed by atoms with Crippen LogP contribution in [0, 0.1) is 0 Å². The topological polar surface area (TPSA) is 80.3 Å². The molecule has 0 spiro atoms. The Morgan fingerprint density at radius 2 is 2.28 bits per heavy atom. The van der Waals surface area contributed by atoms with Crippen LogP contribution in [0.15, 0.2) is 18.3 Å². The van der Waals surface area contributed by atoms with E-state index < -0.39 is 18.0 Å². The monoisotopic (exact) mass is 271 g/mol. The summed E-state index contributed by atoms with van der Waals surface area (Å²) in [7, 11) is 0. The standard InChI is InChI=1S/C11H14ClN3O3/c1-3-13-11(17)15-10(16)7(2)18-8-5-4-6-14-9(8)12/h4-7H,3H2,1-2H3,(H2,13,15,16,17). The molecule has 0 radical (unpaired) electrons. The quantitative estimate of drug-likeness (QED) is 0.810. The van der Waals surface area contributed by atoms with E-state index >= 15 is 0 Å². The van der Waals surface area contributed by atoms with Gasteiger partial charge >= 0.3 is 6.03 Å². The molecule has 7 heteroatoms. The summed E-state index contributed by atoms with van der Waals surface area (Å²) in [5.74, 6) is -0.265. The molecule has 3 amide bonds. The molecular weight excluding hydrogens is 258 g/mol. The first-order chi connectivity index (χ1) is 8.54. The normalized spacial score (nSPS) is 11.5. The minimum Gasteiger partial charge on any atom is -0.478 e. The molecule has 0 saturated heterocycles. The Morgan fingerprint density at radius 3 is 2.89 bits per heavy atom.